The number of aryl methyl sites for hydroxylation is 1. The summed E-state index contributed by atoms with van der Waals surface area (Å²) in [7, 11) is 0. The second kappa shape index (κ2) is 4.64. The van der Waals surface area contributed by atoms with Crippen molar-refractivity contribution in [3.63, 3.8) is 0 Å². The molecule has 2 heterocycles. The van der Waals surface area contributed by atoms with Gasteiger partial charge in [-0.25, -0.2) is 13.8 Å². The molecule has 0 aliphatic heterocycles. The minimum atomic E-state index is -0.737. The fourth-order valence-electron chi connectivity index (χ4n) is 1.92. The van der Waals surface area contributed by atoms with Crippen LogP contribution in [0.5, 0.6) is 0 Å². The number of nitrogens with zero attached hydrogens (tertiary/aromatic N) is 4. The van der Waals surface area contributed by atoms with Gasteiger partial charge in [0, 0.05) is 6.07 Å². The van der Waals surface area contributed by atoms with Gasteiger partial charge >= 0.3 is 0 Å². The van der Waals surface area contributed by atoms with Crippen molar-refractivity contribution in [1.82, 2.24) is 19.6 Å². The van der Waals surface area contributed by atoms with Crippen molar-refractivity contribution < 1.29 is 8.78 Å². The molecule has 0 radical (unpaired) electrons. The summed E-state index contributed by atoms with van der Waals surface area (Å²) in [6.45, 7) is 1.66. The summed E-state index contributed by atoms with van der Waals surface area (Å²) in [6.07, 6.45) is 0. The smallest absolute Gasteiger partial charge is 0.172 e. The second-order valence-electron chi connectivity index (χ2n) is 4.09. The van der Waals surface area contributed by atoms with Crippen LogP contribution < -0.4 is 0 Å². The summed E-state index contributed by atoms with van der Waals surface area (Å²) in [5.41, 5.74) is 0.346. The van der Waals surface area contributed by atoms with Gasteiger partial charge in [-0.2, -0.15) is 0 Å². The van der Waals surface area contributed by atoms with Gasteiger partial charge in [0.1, 0.15) is 22.6 Å². The van der Waals surface area contributed by atoms with Crippen LogP contribution >= 0.6 is 23.2 Å². The highest BCUT2D eigenvalue weighted by Crippen LogP contribution is 2.27. The van der Waals surface area contributed by atoms with Crippen molar-refractivity contribution >= 4 is 28.8 Å². The van der Waals surface area contributed by atoms with Crippen LogP contribution in [-0.4, -0.2) is 19.6 Å². The Bertz CT molecular complexity index is 832. The number of halogens is 4. The van der Waals surface area contributed by atoms with E-state index < -0.39 is 11.6 Å². The molecule has 0 aliphatic carbocycles. The summed E-state index contributed by atoms with van der Waals surface area (Å²) in [6, 6.07) is 3.35. The molecule has 0 unspecified atom stereocenters. The largest absolute Gasteiger partial charge is 0.263 e. The Kier molecular flexibility index (Phi) is 3.07. The molecule has 0 spiro atoms. The molecule has 0 aliphatic rings. The fraction of sp³-hybridized carbons (Fsp3) is 0.0833. The van der Waals surface area contributed by atoms with Crippen LogP contribution in [0.1, 0.15) is 5.82 Å². The zero-order chi connectivity index (χ0) is 14.4. The highest BCUT2D eigenvalue weighted by Gasteiger charge is 2.17. The minimum absolute atomic E-state index is 0.0494. The Morgan fingerprint density at radius 3 is 2.55 bits per heavy atom. The SMILES string of the molecule is Cc1nc(Cl)cc2nnc(-c3cc(F)c(Cl)cc3F)n12. The summed E-state index contributed by atoms with van der Waals surface area (Å²) in [5.74, 6) is -0.837. The standard InChI is InChI=1S/C12H6Cl2F2N4/c1-5-17-10(14)4-11-18-19-12(20(5)11)6-2-9(16)7(13)3-8(6)15/h2-4H,1H3. The summed E-state index contributed by atoms with van der Waals surface area (Å²) < 4.78 is 29.0. The molecular weight excluding hydrogens is 309 g/mol. The van der Waals surface area contributed by atoms with Gasteiger partial charge in [-0.3, -0.25) is 4.40 Å². The first-order valence-electron chi connectivity index (χ1n) is 5.50. The molecule has 8 heteroatoms. The van der Waals surface area contributed by atoms with E-state index in [1.165, 1.54) is 10.5 Å². The number of benzene rings is 1. The minimum Gasteiger partial charge on any atom is -0.263 e. The summed E-state index contributed by atoms with van der Waals surface area (Å²) >= 11 is 11.3. The molecule has 0 saturated heterocycles. The van der Waals surface area contributed by atoms with Crippen LogP contribution in [0.4, 0.5) is 8.78 Å². The molecule has 102 valence electrons. The van der Waals surface area contributed by atoms with Crippen LogP contribution in [0.15, 0.2) is 18.2 Å². The Morgan fingerprint density at radius 1 is 1.05 bits per heavy atom. The zero-order valence-electron chi connectivity index (χ0n) is 10.0. The molecule has 3 rings (SSSR count). The van der Waals surface area contributed by atoms with Crippen LogP contribution in [0.25, 0.3) is 17.0 Å². The van der Waals surface area contributed by atoms with Gasteiger partial charge in [-0.05, 0) is 19.1 Å². The lowest BCUT2D eigenvalue weighted by Crippen LogP contribution is -1.99. The molecule has 0 atom stereocenters. The predicted octanol–water partition coefficient (Wildman–Crippen LogP) is 3.68. The van der Waals surface area contributed by atoms with E-state index in [-0.39, 0.29) is 21.6 Å². The van der Waals surface area contributed by atoms with Crippen molar-refractivity contribution in [2.45, 2.75) is 6.92 Å². The third kappa shape index (κ3) is 2.01. The van der Waals surface area contributed by atoms with Gasteiger partial charge in [0.25, 0.3) is 0 Å². The topological polar surface area (TPSA) is 43.1 Å². The van der Waals surface area contributed by atoms with E-state index in [0.717, 1.165) is 12.1 Å². The maximum Gasteiger partial charge on any atom is 0.172 e. The highest BCUT2D eigenvalue weighted by atomic mass is 35.5. The fourth-order valence-corrected chi connectivity index (χ4v) is 2.29. The van der Waals surface area contributed by atoms with E-state index in [1.807, 2.05) is 0 Å². The van der Waals surface area contributed by atoms with Gasteiger partial charge in [-0.15, -0.1) is 10.2 Å². The van der Waals surface area contributed by atoms with Gasteiger partial charge < -0.3 is 0 Å². The normalized spacial score (nSPS) is 11.2. The lowest BCUT2D eigenvalue weighted by Gasteiger charge is -2.05. The van der Waals surface area contributed by atoms with Crippen LogP contribution in [0.2, 0.25) is 10.2 Å². The molecule has 4 nitrogen and oxygen atoms in total. The molecule has 3 aromatic rings. The third-order valence-electron chi connectivity index (χ3n) is 2.78. The van der Waals surface area contributed by atoms with E-state index in [1.54, 1.807) is 6.92 Å². The van der Waals surface area contributed by atoms with E-state index in [0.29, 0.717) is 11.5 Å². The molecule has 1 aromatic carbocycles. The number of hydrogen-bond donors (Lipinski definition) is 0. The van der Waals surface area contributed by atoms with Gasteiger partial charge in [0.15, 0.2) is 11.5 Å². The van der Waals surface area contributed by atoms with Crippen LogP contribution in [-0.2, 0) is 0 Å². The molecular formula is C12H6Cl2F2N4. The van der Waals surface area contributed by atoms with Gasteiger partial charge in [-0.1, -0.05) is 23.2 Å². The first kappa shape index (κ1) is 13.2. The number of hydrogen-bond acceptors (Lipinski definition) is 3. The number of rotatable bonds is 1. The van der Waals surface area contributed by atoms with Crippen molar-refractivity contribution in [2.75, 3.05) is 0 Å². The molecule has 0 amide bonds. The zero-order valence-corrected chi connectivity index (χ0v) is 11.5. The molecule has 0 N–H and O–H groups in total. The summed E-state index contributed by atoms with van der Waals surface area (Å²) in [4.78, 5) is 4.04. The molecule has 0 fully saturated rings. The van der Waals surface area contributed by atoms with Crippen molar-refractivity contribution in [3.05, 3.63) is 45.8 Å². The second-order valence-corrected chi connectivity index (χ2v) is 4.88. The quantitative estimate of drug-likeness (QED) is 0.508. The maximum atomic E-state index is 14.0. The number of aromatic nitrogens is 4. The first-order valence-corrected chi connectivity index (χ1v) is 6.26. The molecule has 0 saturated carbocycles. The van der Waals surface area contributed by atoms with E-state index >= 15 is 0 Å². The highest BCUT2D eigenvalue weighted by molar-refractivity contribution is 6.30. The Morgan fingerprint density at radius 2 is 1.80 bits per heavy atom. The average molecular weight is 315 g/mol. The van der Waals surface area contributed by atoms with E-state index in [4.69, 9.17) is 23.2 Å². The van der Waals surface area contributed by atoms with Crippen molar-refractivity contribution in [1.29, 1.82) is 0 Å². The predicted molar refractivity (Wildman–Crippen MR) is 70.9 cm³/mol. The maximum absolute atomic E-state index is 14.0. The average Bonchev–Trinajstić information content (AvgIpc) is 2.77. The molecule has 2 aromatic heterocycles. The van der Waals surface area contributed by atoms with Gasteiger partial charge in [0.2, 0.25) is 0 Å². The first-order chi connectivity index (χ1) is 9.47. The Hall–Kier alpha value is -1.79. The van der Waals surface area contributed by atoms with E-state index in [9.17, 15) is 8.78 Å². The lowest BCUT2D eigenvalue weighted by molar-refractivity contribution is 0.602. The third-order valence-corrected chi connectivity index (χ3v) is 3.26. The van der Waals surface area contributed by atoms with Crippen LogP contribution in [0.3, 0.4) is 0 Å². The van der Waals surface area contributed by atoms with E-state index in [2.05, 4.69) is 15.2 Å². The van der Waals surface area contributed by atoms with Crippen LogP contribution in [0, 0.1) is 18.6 Å². The van der Waals surface area contributed by atoms with Crippen molar-refractivity contribution in [3.8, 4) is 11.4 Å². The summed E-state index contributed by atoms with van der Waals surface area (Å²) in [5, 5.41) is 7.69. The monoisotopic (exact) mass is 314 g/mol. The number of fused-ring (bicyclic) bond motifs is 1. The van der Waals surface area contributed by atoms with Crippen molar-refractivity contribution in [2.24, 2.45) is 0 Å². The molecule has 20 heavy (non-hydrogen) atoms. The molecule has 0 bridgehead atoms. The lowest BCUT2D eigenvalue weighted by atomic mass is 10.2. The Labute approximate surface area is 122 Å². The Balaban J connectivity index is 2.33. The van der Waals surface area contributed by atoms with Gasteiger partial charge in [0.05, 0.1) is 10.6 Å².